The fraction of sp³-hybridized carbons (Fsp3) is 0.333. The van der Waals surface area contributed by atoms with Gasteiger partial charge in [0.2, 0.25) is 0 Å². The van der Waals surface area contributed by atoms with Crippen molar-refractivity contribution in [1.29, 1.82) is 0 Å². The van der Waals surface area contributed by atoms with Gasteiger partial charge < -0.3 is 15.4 Å². The molecular formula is C15H18ClN3O2S. The lowest BCUT2D eigenvalue weighted by molar-refractivity contribution is 0.0980. The van der Waals surface area contributed by atoms with Gasteiger partial charge in [-0.3, -0.25) is 4.79 Å². The molecule has 22 heavy (non-hydrogen) atoms. The quantitative estimate of drug-likeness (QED) is 0.873. The number of fused-ring (bicyclic) bond motifs is 1. The first-order chi connectivity index (χ1) is 10.2. The van der Waals surface area contributed by atoms with Crippen LogP contribution in [0.5, 0.6) is 0 Å². The Morgan fingerprint density at radius 1 is 1.50 bits per heavy atom. The molecule has 5 nitrogen and oxygen atoms in total. The number of rotatable bonds is 3. The number of nitrogens with two attached hydrogens (primary N) is 1. The van der Waals surface area contributed by atoms with Crippen molar-refractivity contribution in [3.8, 4) is 0 Å². The summed E-state index contributed by atoms with van der Waals surface area (Å²) >= 11 is 1.44. The molecular weight excluding hydrogens is 322 g/mol. The number of hydrogen-bond donors (Lipinski definition) is 1. The largest absolute Gasteiger partial charge is 0.398 e. The number of carbonyl (C=O) groups excluding carboxylic acids is 1. The lowest BCUT2D eigenvalue weighted by Gasteiger charge is -2.29. The molecule has 2 heterocycles. The fourth-order valence-electron chi connectivity index (χ4n) is 2.60. The van der Waals surface area contributed by atoms with Gasteiger partial charge in [0, 0.05) is 30.4 Å². The number of amides is 1. The zero-order valence-corrected chi connectivity index (χ0v) is 13.9. The third kappa shape index (κ3) is 3.09. The van der Waals surface area contributed by atoms with Gasteiger partial charge in [0.05, 0.1) is 6.61 Å². The number of thiazole rings is 1. The molecule has 1 amide bonds. The molecule has 0 saturated heterocycles. The Labute approximate surface area is 139 Å². The second-order valence-corrected chi connectivity index (χ2v) is 5.91. The second kappa shape index (κ2) is 7.09. The summed E-state index contributed by atoms with van der Waals surface area (Å²) in [6.07, 6.45) is 1.83. The zero-order chi connectivity index (χ0) is 14.8. The predicted molar refractivity (Wildman–Crippen MR) is 90.9 cm³/mol. The molecule has 0 aliphatic carbocycles. The summed E-state index contributed by atoms with van der Waals surface area (Å²) in [5.74, 6) is -0.0693. The van der Waals surface area contributed by atoms with Gasteiger partial charge in [-0.15, -0.1) is 23.7 Å². The van der Waals surface area contributed by atoms with Crippen LogP contribution in [-0.2, 0) is 17.8 Å². The number of halogens is 1. The summed E-state index contributed by atoms with van der Waals surface area (Å²) < 4.78 is 5.04. The molecule has 0 atom stereocenters. The maximum atomic E-state index is 12.7. The number of hydrogen-bond acceptors (Lipinski definition) is 5. The van der Waals surface area contributed by atoms with E-state index in [9.17, 15) is 4.79 Å². The van der Waals surface area contributed by atoms with E-state index in [0.29, 0.717) is 18.8 Å². The predicted octanol–water partition coefficient (Wildman–Crippen LogP) is 2.89. The number of anilines is 2. The van der Waals surface area contributed by atoms with E-state index in [1.54, 1.807) is 17.4 Å². The van der Waals surface area contributed by atoms with Gasteiger partial charge in [-0.2, -0.15) is 0 Å². The van der Waals surface area contributed by atoms with Crippen LogP contribution in [0.3, 0.4) is 0 Å². The molecule has 0 fully saturated rings. The molecule has 0 saturated carbocycles. The molecule has 1 aliphatic rings. The molecule has 0 radical (unpaired) electrons. The van der Waals surface area contributed by atoms with Crippen LogP contribution in [-0.4, -0.2) is 24.5 Å². The monoisotopic (exact) mass is 339 g/mol. The number of methoxy groups -OCH3 is 1. The summed E-state index contributed by atoms with van der Waals surface area (Å²) in [7, 11) is 1.62. The molecule has 0 spiro atoms. The third-order valence-electron chi connectivity index (χ3n) is 3.57. The van der Waals surface area contributed by atoms with Crippen LogP contribution in [0.1, 0.15) is 27.5 Å². The molecule has 2 aromatic rings. The van der Waals surface area contributed by atoms with Gasteiger partial charge >= 0.3 is 0 Å². The highest BCUT2D eigenvalue weighted by molar-refractivity contribution is 7.09. The van der Waals surface area contributed by atoms with E-state index in [0.717, 1.165) is 34.8 Å². The van der Waals surface area contributed by atoms with Crippen LogP contribution in [0.4, 0.5) is 11.4 Å². The van der Waals surface area contributed by atoms with Crippen molar-refractivity contribution >= 4 is 41.0 Å². The maximum Gasteiger partial charge on any atom is 0.277 e. The van der Waals surface area contributed by atoms with E-state index >= 15 is 0 Å². The smallest absolute Gasteiger partial charge is 0.277 e. The molecule has 2 N–H and O–H groups in total. The fourth-order valence-corrected chi connectivity index (χ4v) is 3.34. The SMILES string of the molecule is COCc1nc(C(=O)N2CCCc3c(N)cccc32)cs1.Cl. The number of nitrogen functional groups attached to an aromatic ring is 1. The van der Waals surface area contributed by atoms with E-state index < -0.39 is 0 Å². The Morgan fingerprint density at radius 2 is 2.32 bits per heavy atom. The van der Waals surface area contributed by atoms with Gasteiger partial charge in [-0.1, -0.05) is 6.07 Å². The Bertz CT molecular complexity index is 675. The highest BCUT2D eigenvalue weighted by atomic mass is 35.5. The normalized spacial score (nSPS) is 13.4. The summed E-state index contributed by atoms with van der Waals surface area (Å²) in [5, 5.41) is 2.60. The number of carbonyl (C=O) groups is 1. The van der Waals surface area contributed by atoms with Crippen molar-refractivity contribution in [2.75, 3.05) is 24.3 Å². The van der Waals surface area contributed by atoms with Gasteiger partial charge in [-0.05, 0) is 30.5 Å². The number of nitrogens with zero attached hydrogens (tertiary/aromatic N) is 2. The van der Waals surface area contributed by atoms with Gasteiger partial charge in [0.1, 0.15) is 10.7 Å². The lowest BCUT2D eigenvalue weighted by Crippen LogP contribution is -2.36. The van der Waals surface area contributed by atoms with Crippen LogP contribution in [0.25, 0.3) is 0 Å². The van der Waals surface area contributed by atoms with E-state index in [1.807, 2.05) is 18.2 Å². The Hall–Kier alpha value is -1.63. The molecule has 0 bridgehead atoms. The topological polar surface area (TPSA) is 68.5 Å². The van der Waals surface area contributed by atoms with Crippen molar-refractivity contribution < 1.29 is 9.53 Å². The average Bonchev–Trinajstić information content (AvgIpc) is 2.96. The highest BCUT2D eigenvalue weighted by Crippen LogP contribution is 2.32. The average molecular weight is 340 g/mol. The highest BCUT2D eigenvalue weighted by Gasteiger charge is 2.26. The molecule has 7 heteroatoms. The number of benzene rings is 1. The van der Waals surface area contributed by atoms with Crippen molar-refractivity contribution in [3.05, 3.63) is 39.8 Å². The van der Waals surface area contributed by atoms with Crippen molar-refractivity contribution in [2.45, 2.75) is 19.4 Å². The summed E-state index contributed by atoms with van der Waals surface area (Å²) in [6, 6.07) is 5.72. The summed E-state index contributed by atoms with van der Waals surface area (Å²) in [5.41, 5.74) is 9.21. The van der Waals surface area contributed by atoms with E-state index in [2.05, 4.69) is 4.98 Å². The maximum absolute atomic E-state index is 12.7. The minimum absolute atomic E-state index is 0. The van der Waals surface area contributed by atoms with Crippen LogP contribution < -0.4 is 10.6 Å². The minimum atomic E-state index is -0.0693. The molecule has 1 aromatic carbocycles. The molecule has 3 rings (SSSR count). The van der Waals surface area contributed by atoms with Crippen molar-refractivity contribution in [3.63, 3.8) is 0 Å². The molecule has 118 valence electrons. The first-order valence-corrected chi connectivity index (χ1v) is 7.71. The van der Waals surface area contributed by atoms with Gasteiger partial charge in [-0.25, -0.2) is 4.98 Å². The lowest BCUT2D eigenvalue weighted by atomic mass is 9.99. The first-order valence-electron chi connectivity index (χ1n) is 6.83. The second-order valence-electron chi connectivity index (χ2n) is 4.96. The Kier molecular flexibility index (Phi) is 5.39. The van der Waals surface area contributed by atoms with Crippen LogP contribution in [0.15, 0.2) is 23.6 Å². The number of aromatic nitrogens is 1. The molecule has 1 aliphatic heterocycles. The van der Waals surface area contributed by atoms with Crippen LogP contribution >= 0.6 is 23.7 Å². The zero-order valence-electron chi connectivity index (χ0n) is 12.2. The third-order valence-corrected chi connectivity index (χ3v) is 4.39. The minimum Gasteiger partial charge on any atom is -0.398 e. The molecule has 0 unspecified atom stereocenters. The number of ether oxygens (including phenoxy) is 1. The van der Waals surface area contributed by atoms with Crippen molar-refractivity contribution in [2.24, 2.45) is 0 Å². The first kappa shape index (κ1) is 16.7. The summed E-state index contributed by atoms with van der Waals surface area (Å²) in [4.78, 5) is 18.8. The van der Waals surface area contributed by atoms with E-state index in [1.165, 1.54) is 11.3 Å². The van der Waals surface area contributed by atoms with Crippen LogP contribution in [0, 0.1) is 0 Å². The molecule has 1 aromatic heterocycles. The van der Waals surface area contributed by atoms with E-state index in [4.69, 9.17) is 10.5 Å². The standard InChI is InChI=1S/C15H17N3O2S.ClH/c1-20-8-14-17-12(9-21-14)15(19)18-7-3-4-10-11(16)5-2-6-13(10)18;/h2,5-6,9H,3-4,7-8,16H2,1H3;1H. The van der Waals surface area contributed by atoms with Crippen molar-refractivity contribution in [1.82, 2.24) is 4.98 Å². The van der Waals surface area contributed by atoms with Gasteiger partial charge in [0.25, 0.3) is 5.91 Å². The Morgan fingerprint density at radius 3 is 3.09 bits per heavy atom. The van der Waals surface area contributed by atoms with Crippen LogP contribution in [0.2, 0.25) is 0 Å². The summed E-state index contributed by atoms with van der Waals surface area (Å²) in [6.45, 7) is 1.13. The van der Waals surface area contributed by atoms with Gasteiger partial charge in [0.15, 0.2) is 0 Å². The Balaban J connectivity index is 0.00000176. The van der Waals surface area contributed by atoms with E-state index in [-0.39, 0.29) is 18.3 Å².